The monoisotopic (exact) mass is 267 g/mol. The van der Waals surface area contributed by atoms with Gasteiger partial charge in [-0.15, -0.1) is 0 Å². The van der Waals surface area contributed by atoms with E-state index in [1.54, 1.807) is 0 Å². The van der Waals surface area contributed by atoms with Crippen LogP contribution in [0, 0.1) is 0 Å². The Bertz CT molecular complexity index is 306. The molecule has 0 aromatic rings. The molecule has 1 atom stereocenters. The van der Waals surface area contributed by atoms with E-state index < -0.39 is 11.8 Å². The summed E-state index contributed by atoms with van der Waals surface area (Å²) in [5, 5.41) is 8.87. The van der Waals surface area contributed by atoms with Crippen LogP contribution in [0.3, 0.4) is 0 Å². The molecule has 1 saturated carbocycles. The summed E-state index contributed by atoms with van der Waals surface area (Å²) in [5.41, 5.74) is 0. The zero-order valence-electron chi connectivity index (χ0n) is 11.5. The minimum absolute atomic E-state index is 0.186. The third-order valence-corrected chi connectivity index (χ3v) is 4.07. The quantitative estimate of drug-likeness (QED) is 0.520. The van der Waals surface area contributed by atoms with E-state index in [2.05, 4.69) is 16.0 Å². The van der Waals surface area contributed by atoms with Crippen LogP contribution in [0.2, 0.25) is 0 Å². The van der Waals surface area contributed by atoms with Crippen molar-refractivity contribution in [2.75, 3.05) is 13.1 Å². The topological polar surface area (TPSA) is 70.2 Å². The second kappa shape index (κ2) is 7.48. The molecule has 0 radical (unpaired) electrons. The lowest BCUT2D eigenvalue weighted by Gasteiger charge is -2.16. The fourth-order valence-corrected chi connectivity index (χ4v) is 2.90. The third kappa shape index (κ3) is 4.82. The van der Waals surface area contributed by atoms with Gasteiger partial charge in [-0.1, -0.05) is 25.7 Å². The van der Waals surface area contributed by atoms with Crippen molar-refractivity contribution >= 4 is 11.8 Å². The van der Waals surface area contributed by atoms with Gasteiger partial charge in [0, 0.05) is 18.6 Å². The van der Waals surface area contributed by atoms with Gasteiger partial charge >= 0.3 is 11.8 Å². The van der Waals surface area contributed by atoms with Crippen LogP contribution >= 0.6 is 0 Å². The van der Waals surface area contributed by atoms with Crippen molar-refractivity contribution in [2.24, 2.45) is 0 Å². The van der Waals surface area contributed by atoms with Crippen molar-refractivity contribution in [3.8, 4) is 0 Å². The van der Waals surface area contributed by atoms with Crippen LogP contribution in [0.1, 0.15) is 51.4 Å². The molecule has 5 heteroatoms. The number of hydrogen-bond acceptors (Lipinski definition) is 3. The molecule has 1 aliphatic carbocycles. The van der Waals surface area contributed by atoms with E-state index in [4.69, 9.17) is 0 Å². The molecule has 0 aromatic heterocycles. The maximum absolute atomic E-state index is 11.8. The van der Waals surface area contributed by atoms with Gasteiger partial charge in [0.05, 0.1) is 0 Å². The Hall–Kier alpha value is -1.10. The van der Waals surface area contributed by atoms with Crippen LogP contribution < -0.4 is 16.0 Å². The van der Waals surface area contributed by atoms with Gasteiger partial charge in [-0.2, -0.15) is 0 Å². The van der Waals surface area contributed by atoms with Gasteiger partial charge in [0.1, 0.15) is 0 Å². The summed E-state index contributed by atoms with van der Waals surface area (Å²) in [6, 6.07) is 0.514. The van der Waals surface area contributed by atoms with Crippen LogP contribution in [0.25, 0.3) is 0 Å². The van der Waals surface area contributed by atoms with Gasteiger partial charge in [0.2, 0.25) is 0 Å². The first-order valence-corrected chi connectivity index (χ1v) is 7.58. The van der Waals surface area contributed by atoms with E-state index in [0.29, 0.717) is 12.6 Å². The first kappa shape index (κ1) is 14.3. The van der Waals surface area contributed by atoms with Gasteiger partial charge in [-0.25, -0.2) is 0 Å². The van der Waals surface area contributed by atoms with Gasteiger partial charge in [0.25, 0.3) is 0 Å². The highest BCUT2D eigenvalue weighted by atomic mass is 16.2. The molecule has 0 aromatic carbocycles. The Kier molecular flexibility index (Phi) is 5.63. The molecule has 0 unspecified atom stereocenters. The molecule has 0 bridgehead atoms. The summed E-state index contributed by atoms with van der Waals surface area (Å²) >= 11 is 0. The van der Waals surface area contributed by atoms with Crippen LogP contribution in [0.15, 0.2) is 0 Å². The van der Waals surface area contributed by atoms with Gasteiger partial charge in [0.15, 0.2) is 0 Å². The highest BCUT2D eigenvalue weighted by Gasteiger charge is 2.21. The van der Waals surface area contributed by atoms with Crippen LogP contribution in [0.5, 0.6) is 0 Å². The SMILES string of the molecule is O=C(NC[C@H]1CCCN1)C(=O)NC1CCCCCC1. The Balaban J connectivity index is 1.67. The van der Waals surface area contributed by atoms with Gasteiger partial charge < -0.3 is 16.0 Å². The summed E-state index contributed by atoms with van der Waals surface area (Å²) < 4.78 is 0. The lowest BCUT2D eigenvalue weighted by molar-refractivity contribution is -0.139. The van der Waals surface area contributed by atoms with Crippen LogP contribution in [-0.2, 0) is 9.59 Å². The normalized spacial score (nSPS) is 24.7. The zero-order chi connectivity index (χ0) is 13.5. The maximum atomic E-state index is 11.8. The minimum Gasteiger partial charge on any atom is -0.346 e. The highest BCUT2D eigenvalue weighted by molar-refractivity contribution is 6.35. The molecule has 108 valence electrons. The molecular formula is C14H25N3O2. The summed E-state index contributed by atoms with van der Waals surface area (Å²) in [6.45, 7) is 1.56. The number of carbonyl (C=O) groups excluding carboxylic acids is 2. The zero-order valence-corrected chi connectivity index (χ0v) is 11.5. The van der Waals surface area contributed by atoms with Gasteiger partial charge in [-0.05, 0) is 32.2 Å². The summed E-state index contributed by atoms with van der Waals surface area (Å²) in [7, 11) is 0. The molecule has 2 amide bonds. The Morgan fingerprint density at radius 2 is 1.68 bits per heavy atom. The summed E-state index contributed by atoms with van der Waals surface area (Å²) in [6.07, 6.45) is 9.01. The Morgan fingerprint density at radius 3 is 2.32 bits per heavy atom. The summed E-state index contributed by atoms with van der Waals surface area (Å²) in [5.74, 6) is -0.956. The number of hydrogen-bond donors (Lipinski definition) is 3. The first-order valence-electron chi connectivity index (χ1n) is 7.58. The number of nitrogens with one attached hydrogen (secondary N) is 3. The number of amides is 2. The lowest BCUT2D eigenvalue weighted by atomic mass is 10.1. The molecule has 19 heavy (non-hydrogen) atoms. The lowest BCUT2D eigenvalue weighted by Crippen LogP contribution is -2.47. The molecule has 2 aliphatic rings. The molecule has 2 fully saturated rings. The second-order valence-electron chi connectivity index (χ2n) is 5.67. The molecule has 2 rings (SSSR count). The first-order chi connectivity index (χ1) is 9.25. The highest BCUT2D eigenvalue weighted by Crippen LogP contribution is 2.16. The smallest absolute Gasteiger partial charge is 0.309 e. The van der Waals surface area contributed by atoms with E-state index in [9.17, 15) is 9.59 Å². The molecule has 5 nitrogen and oxygen atoms in total. The van der Waals surface area contributed by atoms with Crippen molar-refractivity contribution in [1.29, 1.82) is 0 Å². The average molecular weight is 267 g/mol. The number of carbonyl (C=O) groups is 2. The van der Waals surface area contributed by atoms with E-state index in [1.165, 1.54) is 12.8 Å². The fraction of sp³-hybridized carbons (Fsp3) is 0.857. The van der Waals surface area contributed by atoms with Crippen molar-refractivity contribution in [2.45, 2.75) is 63.5 Å². The molecular weight excluding hydrogens is 242 g/mol. The third-order valence-electron chi connectivity index (χ3n) is 4.07. The molecule has 1 heterocycles. The van der Waals surface area contributed by atoms with Crippen molar-refractivity contribution in [3.05, 3.63) is 0 Å². The Labute approximate surface area is 114 Å². The predicted molar refractivity (Wildman–Crippen MR) is 73.7 cm³/mol. The number of rotatable bonds is 3. The molecule has 3 N–H and O–H groups in total. The maximum Gasteiger partial charge on any atom is 0.309 e. The van der Waals surface area contributed by atoms with Crippen molar-refractivity contribution < 1.29 is 9.59 Å². The van der Waals surface area contributed by atoms with E-state index in [0.717, 1.165) is 45.1 Å². The average Bonchev–Trinajstić information content (AvgIpc) is 2.80. The second-order valence-corrected chi connectivity index (χ2v) is 5.67. The van der Waals surface area contributed by atoms with Crippen molar-refractivity contribution in [3.63, 3.8) is 0 Å². The van der Waals surface area contributed by atoms with Crippen LogP contribution in [0.4, 0.5) is 0 Å². The molecule has 0 spiro atoms. The fourth-order valence-electron chi connectivity index (χ4n) is 2.90. The van der Waals surface area contributed by atoms with Crippen molar-refractivity contribution in [1.82, 2.24) is 16.0 Å². The van der Waals surface area contributed by atoms with Crippen LogP contribution in [-0.4, -0.2) is 37.0 Å². The van der Waals surface area contributed by atoms with E-state index in [1.807, 2.05) is 0 Å². The molecule has 1 saturated heterocycles. The largest absolute Gasteiger partial charge is 0.346 e. The van der Waals surface area contributed by atoms with E-state index >= 15 is 0 Å². The minimum atomic E-state index is -0.488. The van der Waals surface area contributed by atoms with E-state index in [-0.39, 0.29) is 6.04 Å². The Morgan fingerprint density at radius 1 is 0.947 bits per heavy atom. The standard InChI is InChI=1S/C14H25N3O2/c18-13(16-10-12-8-5-9-15-12)14(19)17-11-6-3-1-2-4-7-11/h11-12,15H,1-10H2,(H,16,18)(H,17,19)/t12-/m1/s1. The molecule has 1 aliphatic heterocycles. The van der Waals surface area contributed by atoms with Gasteiger partial charge in [-0.3, -0.25) is 9.59 Å². The summed E-state index contributed by atoms with van der Waals surface area (Å²) in [4.78, 5) is 23.5. The predicted octanol–water partition coefficient (Wildman–Crippen LogP) is 0.694.